The highest BCUT2D eigenvalue weighted by Crippen LogP contribution is 2.34. The molecule has 1 fully saturated rings. The van der Waals surface area contributed by atoms with Gasteiger partial charge in [-0.2, -0.15) is 0 Å². The Morgan fingerprint density at radius 1 is 1.04 bits per heavy atom. The van der Waals surface area contributed by atoms with E-state index in [1.54, 1.807) is 14.0 Å². The van der Waals surface area contributed by atoms with Gasteiger partial charge in [-0.3, -0.25) is 4.98 Å². The van der Waals surface area contributed by atoms with Crippen LogP contribution in [-0.4, -0.2) is 35.3 Å². The Hall–Kier alpha value is -2.66. The summed E-state index contributed by atoms with van der Waals surface area (Å²) in [5.74, 6) is 1.70. The number of methoxy groups -OCH3 is 1. The molecular weight excluding hydrogens is 338 g/mol. The Labute approximate surface area is 159 Å². The van der Waals surface area contributed by atoms with Gasteiger partial charge in [0.05, 0.1) is 30.4 Å². The predicted octanol–water partition coefficient (Wildman–Crippen LogP) is 4.35. The third-order valence-electron chi connectivity index (χ3n) is 5.23. The van der Waals surface area contributed by atoms with Crippen LogP contribution in [0, 0.1) is 0 Å². The van der Waals surface area contributed by atoms with Crippen LogP contribution >= 0.6 is 0 Å². The second kappa shape index (κ2) is 7.53. The lowest BCUT2D eigenvalue weighted by molar-refractivity contribution is 0.199. The number of nitrogens with zero attached hydrogens (tertiary/aromatic N) is 3. The van der Waals surface area contributed by atoms with Gasteiger partial charge in [-0.1, -0.05) is 18.2 Å². The van der Waals surface area contributed by atoms with E-state index in [1.807, 2.05) is 36.5 Å². The number of hydrogen-bond acceptors (Lipinski definition) is 5. The average molecular weight is 363 g/mol. The molecule has 140 valence electrons. The van der Waals surface area contributed by atoms with Crippen molar-refractivity contribution in [3.8, 4) is 16.9 Å². The van der Waals surface area contributed by atoms with Crippen LogP contribution in [0.4, 0.5) is 5.82 Å². The van der Waals surface area contributed by atoms with Crippen LogP contribution in [0.3, 0.4) is 0 Å². The summed E-state index contributed by atoms with van der Waals surface area (Å²) in [5, 5.41) is 9.82. The quantitative estimate of drug-likeness (QED) is 0.747. The van der Waals surface area contributed by atoms with Crippen molar-refractivity contribution < 1.29 is 9.84 Å². The molecule has 0 spiro atoms. The van der Waals surface area contributed by atoms with E-state index >= 15 is 0 Å². The molecule has 2 aromatic carbocycles. The van der Waals surface area contributed by atoms with Crippen LogP contribution in [0.25, 0.3) is 22.2 Å². The fourth-order valence-corrected chi connectivity index (χ4v) is 3.65. The van der Waals surface area contributed by atoms with Crippen LogP contribution in [0.15, 0.2) is 42.6 Å². The third kappa shape index (κ3) is 3.60. The molecule has 0 amide bonds. The van der Waals surface area contributed by atoms with Gasteiger partial charge in [0, 0.05) is 18.7 Å². The first-order valence-electron chi connectivity index (χ1n) is 9.54. The summed E-state index contributed by atoms with van der Waals surface area (Å²) in [5.41, 5.74) is 4.62. The Morgan fingerprint density at radius 3 is 2.59 bits per heavy atom. The number of benzene rings is 2. The van der Waals surface area contributed by atoms with E-state index in [0.717, 1.165) is 52.4 Å². The molecule has 27 heavy (non-hydrogen) atoms. The average Bonchev–Trinajstić information content (AvgIpc) is 2.73. The molecular formula is C22H25N3O2. The SMILES string of the molecule is COc1cc(C(C)O)ccc1-c1ccc2ncc(N3CCCCC3)nc2c1. The van der Waals surface area contributed by atoms with Crippen molar-refractivity contribution in [2.24, 2.45) is 0 Å². The molecule has 1 saturated heterocycles. The maximum absolute atomic E-state index is 9.82. The van der Waals surface area contributed by atoms with E-state index in [4.69, 9.17) is 9.72 Å². The van der Waals surface area contributed by atoms with Gasteiger partial charge in [-0.25, -0.2) is 4.98 Å². The topological polar surface area (TPSA) is 58.5 Å². The van der Waals surface area contributed by atoms with Gasteiger partial charge in [0.2, 0.25) is 0 Å². The molecule has 0 aliphatic carbocycles. The van der Waals surface area contributed by atoms with Crippen LogP contribution in [-0.2, 0) is 0 Å². The van der Waals surface area contributed by atoms with Crippen molar-refractivity contribution >= 4 is 16.9 Å². The number of rotatable bonds is 4. The van der Waals surface area contributed by atoms with Gasteiger partial charge in [-0.15, -0.1) is 0 Å². The molecule has 1 atom stereocenters. The van der Waals surface area contributed by atoms with Crippen LogP contribution in [0.5, 0.6) is 5.75 Å². The zero-order valence-corrected chi connectivity index (χ0v) is 15.9. The molecule has 2 heterocycles. The molecule has 1 unspecified atom stereocenters. The van der Waals surface area contributed by atoms with Crippen molar-refractivity contribution in [3.63, 3.8) is 0 Å². The van der Waals surface area contributed by atoms with Crippen molar-refractivity contribution in [2.75, 3.05) is 25.1 Å². The summed E-state index contributed by atoms with van der Waals surface area (Å²) >= 11 is 0. The number of aliphatic hydroxyl groups is 1. The lowest BCUT2D eigenvalue weighted by atomic mass is 10.0. The number of aromatic nitrogens is 2. The van der Waals surface area contributed by atoms with Gasteiger partial charge in [0.25, 0.3) is 0 Å². The minimum Gasteiger partial charge on any atom is -0.496 e. The molecule has 5 nitrogen and oxygen atoms in total. The van der Waals surface area contributed by atoms with E-state index in [0.29, 0.717) is 0 Å². The first-order chi connectivity index (χ1) is 13.2. The summed E-state index contributed by atoms with van der Waals surface area (Å²) in [4.78, 5) is 11.8. The Morgan fingerprint density at radius 2 is 1.85 bits per heavy atom. The fourth-order valence-electron chi connectivity index (χ4n) is 3.65. The molecule has 1 aliphatic heterocycles. The second-order valence-corrected chi connectivity index (χ2v) is 7.12. The minimum atomic E-state index is -0.525. The van der Waals surface area contributed by atoms with Gasteiger partial charge in [-0.05, 0) is 55.5 Å². The smallest absolute Gasteiger partial charge is 0.147 e. The van der Waals surface area contributed by atoms with Crippen LogP contribution in [0.2, 0.25) is 0 Å². The van der Waals surface area contributed by atoms with E-state index in [2.05, 4.69) is 16.0 Å². The number of piperidine rings is 1. The van der Waals surface area contributed by atoms with Gasteiger partial charge in [0.1, 0.15) is 11.6 Å². The highest BCUT2D eigenvalue weighted by molar-refractivity contribution is 5.84. The molecule has 0 saturated carbocycles. The van der Waals surface area contributed by atoms with E-state index in [-0.39, 0.29) is 0 Å². The van der Waals surface area contributed by atoms with E-state index in [1.165, 1.54) is 19.3 Å². The molecule has 0 radical (unpaired) electrons. The number of anilines is 1. The highest BCUT2D eigenvalue weighted by atomic mass is 16.5. The summed E-state index contributed by atoms with van der Waals surface area (Å²) in [6.45, 7) is 3.85. The normalized spacial score (nSPS) is 15.7. The Bertz CT molecular complexity index is 949. The summed E-state index contributed by atoms with van der Waals surface area (Å²) in [6.07, 6.45) is 5.08. The van der Waals surface area contributed by atoms with Crippen molar-refractivity contribution in [1.82, 2.24) is 9.97 Å². The van der Waals surface area contributed by atoms with Gasteiger partial charge < -0.3 is 14.7 Å². The third-order valence-corrected chi connectivity index (χ3v) is 5.23. The summed E-state index contributed by atoms with van der Waals surface area (Å²) < 4.78 is 5.57. The monoisotopic (exact) mass is 363 g/mol. The molecule has 4 rings (SSSR count). The Balaban J connectivity index is 1.74. The zero-order chi connectivity index (χ0) is 18.8. The molecule has 0 bridgehead atoms. The maximum atomic E-state index is 9.82. The Kier molecular flexibility index (Phi) is 4.94. The van der Waals surface area contributed by atoms with E-state index < -0.39 is 6.10 Å². The molecule has 1 aliphatic rings. The molecule has 1 N–H and O–H groups in total. The van der Waals surface area contributed by atoms with Crippen LogP contribution in [0.1, 0.15) is 37.9 Å². The molecule has 5 heteroatoms. The maximum Gasteiger partial charge on any atom is 0.147 e. The fraction of sp³-hybridized carbons (Fsp3) is 0.364. The van der Waals surface area contributed by atoms with Crippen molar-refractivity contribution in [2.45, 2.75) is 32.3 Å². The highest BCUT2D eigenvalue weighted by Gasteiger charge is 2.14. The molecule has 1 aromatic heterocycles. The largest absolute Gasteiger partial charge is 0.496 e. The predicted molar refractivity (Wildman–Crippen MR) is 108 cm³/mol. The number of ether oxygens (including phenoxy) is 1. The lowest BCUT2D eigenvalue weighted by Crippen LogP contribution is -2.30. The van der Waals surface area contributed by atoms with Crippen molar-refractivity contribution in [1.29, 1.82) is 0 Å². The number of hydrogen-bond donors (Lipinski definition) is 1. The molecule has 3 aromatic rings. The van der Waals surface area contributed by atoms with Crippen molar-refractivity contribution in [3.05, 3.63) is 48.2 Å². The summed E-state index contributed by atoms with van der Waals surface area (Å²) in [6, 6.07) is 11.9. The first kappa shape index (κ1) is 17.7. The van der Waals surface area contributed by atoms with E-state index in [9.17, 15) is 5.11 Å². The van der Waals surface area contributed by atoms with Crippen LogP contribution < -0.4 is 9.64 Å². The standard InChI is InChI=1S/C22H25N3O2/c1-15(26)16-6-8-18(21(13-16)27-2)17-7-9-19-20(12-17)24-22(14-23-19)25-10-4-3-5-11-25/h6-9,12-15,26H,3-5,10-11H2,1-2H3. The zero-order valence-electron chi connectivity index (χ0n) is 15.9. The number of aliphatic hydroxyl groups excluding tert-OH is 1. The lowest BCUT2D eigenvalue weighted by Gasteiger charge is -2.27. The number of fused-ring (bicyclic) bond motifs is 1. The van der Waals surface area contributed by atoms with Gasteiger partial charge >= 0.3 is 0 Å². The van der Waals surface area contributed by atoms with Gasteiger partial charge in [0.15, 0.2) is 0 Å². The second-order valence-electron chi connectivity index (χ2n) is 7.12. The minimum absolute atomic E-state index is 0.525. The first-order valence-corrected chi connectivity index (χ1v) is 9.54. The summed E-state index contributed by atoms with van der Waals surface area (Å²) in [7, 11) is 1.65.